The van der Waals surface area contributed by atoms with Crippen LogP contribution in [0.5, 0.6) is 5.75 Å². The third-order valence-corrected chi connectivity index (χ3v) is 2.28. The van der Waals surface area contributed by atoms with Gasteiger partial charge in [0.15, 0.2) is 5.69 Å². The van der Waals surface area contributed by atoms with Crippen LogP contribution in [0.4, 0.5) is 0 Å². The van der Waals surface area contributed by atoms with Gasteiger partial charge in [0.2, 0.25) is 0 Å². The van der Waals surface area contributed by atoms with E-state index in [1.165, 1.54) is 12.1 Å². The highest BCUT2D eigenvalue weighted by Crippen LogP contribution is 2.29. The van der Waals surface area contributed by atoms with Gasteiger partial charge in [-0.3, -0.25) is 4.79 Å². The van der Waals surface area contributed by atoms with Crippen molar-refractivity contribution in [1.82, 2.24) is 15.4 Å². The number of rotatable bonds is 3. The number of nitrogens with one attached hydrogen (secondary N) is 1. The van der Waals surface area contributed by atoms with Gasteiger partial charge < -0.3 is 15.9 Å². The minimum Gasteiger partial charge on any atom is -0.507 e. The lowest BCUT2D eigenvalue weighted by Gasteiger charge is -2.04. The first kappa shape index (κ1) is 11.1. The second-order valence-electron chi connectivity index (χ2n) is 3.39. The summed E-state index contributed by atoms with van der Waals surface area (Å²) < 4.78 is 0. The summed E-state index contributed by atoms with van der Waals surface area (Å²) in [6.45, 7) is -0.183. The van der Waals surface area contributed by atoms with Gasteiger partial charge in [0.05, 0.1) is 6.61 Å². The van der Waals surface area contributed by atoms with Crippen molar-refractivity contribution in [3.8, 4) is 17.0 Å². The molecule has 1 heterocycles. The van der Waals surface area contributed by atoms with E-state index < -0.39 is 5.91 Å². The molecule has 0 saturated carbocycles. The van der Waals surface area contributed by atoms with Gasteiger partial charge in [0.1, 0.15) is 11.4 Å². The van der Waals surface area contributed by atoms with Gasteiger partial charge in [-0.15, -0.1) is 0 Å². The number of benzene rings is 1. The number of primary amides is 1. The Labute approximate surface area is 95.9 Å². The Hall–Kier alpha value is -2.41. The topological polar surface area (TPSA) is 125 Å². The molecule has 2 rings (SSSR count). The Bertz CT molecular complexity index is 564. The van der Waals surface area contributed by atoms with Gasteiger partial charge in [0.25, 0.3) is 5.91 Å². The molecule has 1 aromatic heterocycles. The first-order valence-corrected chi connectivity index (χ1v) is 4.77. The molecule has 5 N–H and O–H groups in total. The van der Waals surface area contributed by atoms with Gasteiger partial charge in [0, 0.05) is 5.56 Å². The number of phenolic OH excluding ortho intramolecular Hbond substituents is 1. The fraction of sp³-hybridized carbons (Fsp3) is 0.100. The summed E-state index contributed by atoms with van der Waals surface area (Å²) in [6.07, 6.45) is 0. The fourth-order valence-electron chi connectivity index (χ4n) is 1.46. The zero-order valence-corrected chi connectivity index (χ0v) is 8.71. The second kappa shape index (κ2) is 4.22. The molecule has 0 aliphatic carbocycles. The number of aromatic nitrogens is 3. The Morgan fingerprint density at radius 3 is 2.82 bits per heavy atom. The van der Waals surface area contributed by atoms with Crippen LogP contribution in [0.1, 0.15) is 16.1 Å². The Morgan fingerprint density at radius 1 is 1.41 bits per heavy atom. The van der Waals surface area contributed by atoms with E-state index in [0.29, 0.717) is 11.1 Å². The van der Waals surface area contributed by atoms with Crippen molar-refractivity contribution >= 4 is 5.91 Å². The monoisotopic (exact) mass is 234 g/mol. The summed E-state index contributed by atoms with van der Waals surface area (Å²) in [5.74, 6) is -0.818. The number of aliphatic hydroxyl groups excluding tert-OH is 1. The molecule has 0 fully saturated rings. The van der Waals surface area contributed by atoms with E-state index in [-0.39, 0.29) is 23.7 Å². The summed E-state index contributed by atoms with van der Waals surface area (Å²) in [6, 6.07) is 4.48. The number of amides is 1. The van der Waals surface area contributed by atoms with Gasteiger partial charge in [-0.05, 0) is 17.7 Å². The molecular weight excluding hydrogens is 224 g/mol. The summed E-state index contributed by atoms with van der Waals surface area (Å²) >= 11 is 0. The minimum atomic E-state index is -0.748. The molecule has 0 unspecified atom stereocenters. The Balaban J connectivity index is 2.59. The molecule has 7 nitrogen and oxygen atoms in total. The summed E-state index contributed by atoms with van der Waals surface area (Å²) in [7, 11) is 0. The lowest BCUT2D eigenvalue weighted by Crippen LogP contribution is -2.12. The van der Waals surface area contributed by atoms with Crippen LogP contribution in [0, 0.1) is 0 Å². The number of aliphatic hydroxyl groups is 1. The first-order chi connectivity index (χ1) is 8.13. The summed E-state index contributed by atoms with van der Waals surface area (Å²) in [5, 5.41) is 28.3. The van der Waals surface area contributed by atoms with Gasteiger partial charge in [-0.1, -0.05) is 6.07 Å². The molecule has 0 aliphatic rings. The zero-order chi connectivity index (χ0) is 12.4. The van der Waals surface area contributed by atoms with E-state index in [4.69, 9.17) is 10.8 Å². The van der Waals surface area contributed by atoms with E-state index in [1.54, 1.807) is 6.07 Å². The van der Waals surface area contributed by atoms with Gasteiger partial charge in [-0.25, -0.2) is 0 Å². The normalized spacial score (nSPS) is 10.4. The highest BCUT2D eigenvalue weighted by molar-refractivity contribution is 5.97. The molecule has 1 amide bonds. The van der Waals surface area contributed by atoms with Crippen LogP contribution in [-0.2, 0) is 6.61 Å². The summed E-state index contributed by atoms with van der Waals surface area (Å²) in [5.41, 5.74) is 6.09. The van der Waals surface area contributed by atoms with Gasteiger partial charge >= 0.3 is 0 Å². The number of nitrogens with zero attached hydrogens (tertiary/aromatic N) is 2. The van der Waals surface area contributed by atoms with Crippen LogP contribution in [0.15, 0.2) is 18.2 Å². The molecule has 0 bridgehead atoms. The number of carbonyl (C=O) groups is 1. The van der Waals surface area contributed by atoms with Crippen molar-refractivity contribution in [2.24, 2.45) is 5.73 Å². The highest BCUT2D eigenvalue weighted by atomic mass is 16.3. The van der Waals surface area contributed by atoms with Crippen LogP contribution < -0.4 is 5.73 Å². The van der Waals surface area contributed by atoms with Crippen molar-refractivity contribution in [2.45, 2.75) is 6.61 Å². The number of carbonyl (C=O) groups excluding carboxylic acids is 1. The Kier molecular flexibility index (Phi) is 2.75. The largest absolute Gasteiger partial charge is 0.507 e. The summed E-state index contributed by atoms with van der Waals surface area (Å²) in [4.78, 5) is 11.1. The Morgan fingerprint density at radius 2 is 2.18 bits per heavy atom. The van der Waals surface area contributed by atoms with Crippen molar-refractivity contribution in [3.05, 3.63) is 29.5 Å². The highest BCUT2D eigenvalue weighted by Gasteiger charge is 2.18. The SMILES string of the molecule is NC(=O)c1n[nH]nc1-c1cc(CO)ccc1O. The predicted octanol–water partition coefficient (Wildman–Crippen LogP) is -0.232. The van der Waals surface area contributed by atoms with Crippen LogP contribution in [0.25, 0.3) is 11.3 Å². The van der Waals surface area contributed by atoms with Crippen LogP contribution in [-0.4, -0.2) is 31.5 Å². The standard InChI is InChI=1S/C10H10N4O3/c11-10(17)9-8(12-14-13-9)6-3-5(4-15)1-2-7(6)16/h1-3,15-16H,4H2,(H2,11,17)(H,12,13,14). The number of H-pyrrole nitrogens is 1. The minimum absolute atomic E-state index is 0.0598. The third kappa shape index (κ3) is 1.95. The quantitative estimate of drug-likeness (QED) is 0.583. The molecule has 17 heavy (non-hydrogen) atoms. The number of hydrogen-bond donors (Lipinski definition) is 4. The third-order valence-electron chi connectivity index (χ3n) is 2.28. The van der Waals surface area contributed by atoms with Crippen LogP contribution in [0.2, 0.25) is 0 Å². The molecule has 0 radical (unpaired) electrons. The van der Waals surface area contributed by atoms with E-state index in [2.05, 4.69) is 15.4 Å². The van der Waals surface area contributed by atoms with E-state index in [9.17, 15) is 9.90 Å². The first-order valence-electron chi connectivity index (χ1n) is 4.77. The molecule has 0 saturated heterocycles. The maximum Gasteiger partial charge on any atom is 0.271 e. The lowest BCUT2D eigenvalue weighted by atomic mass is 10.1. The van der Waals surface area contributed by atoms with Crippen LogP contribution in [0.3, 0.4) is 0 Å². The predicted molar refractivity (Wildman–Crippen MR) is 57.9 cm³/mol. The number of aromatic hydroxyl groups is 1. The van der Waals surface area contributed by atoms with E-state index >= 15 is 0 Å². The average Bonchev–Trinajstić information content (AvgIpc) is 2.78. The lowest BCUT2D eigenvalue weighted by molar-refractivity contribution is 0.0996. The number of aromatic amines is 1. The van der Waals surface area contributed by atoms with Crippen molar-refractivity contribution in [1.29, 1.82) is 0 Å². The molecule has 0 aliphatic heterocycles. The molecule has 0 atom stereocenters. The smallest absolute Gasteiger partial charge is 0.271 e. The van der Waals surface area contributed by atoms with Gasteiger partial charge in [-0.2, -0.15) is 15.4 Å². The molecule has 2 aromatic rings. The fourth-order valence-corrected chi connectivity index (χ4v) is 1.46. The number of phenols is 1. The number of nitrogens with two attached hydrogens (primary N) is 1. The number of hydrogen-bond acceptors (Lipinski definition) is 5. The molecule has 7 heteroatoms. The van der Waals surface area contributed by atoms with Crippen molar-refractivity contribution in [3.63, 3.8) is 0 Å². The van der Waals surface area contributed by atoms with E-state index in [1.807, 2.05) is 0 Å². The average molecular weight is 234 g/mol. The van der Waals surface area contributed by atoms with Crippen LogP contribution >= 0.6 is 0 Å². The van der Waals surface area contributed by atoms with Crippen molar-refractivity contribution < 1.29 is 15.0 Å². The maximum absolute atomic E-state index is 11.1. The van der Waals surface area contributed by atoms with Crippen molar-refractivity contribution in [2.75, 3.05) is 0 Å². The van der Waals surface area contributed by atoms with E-state index in [0.717, 1.165) is 0 Å². The molecule has 0 spiro atoms. The second-order valence-corrected chi connectivity index (χ2v) is 3.39. The molecule has 1 aromatic carbocycles. The molecular formula is C10H10N4O3. The maximum atomic E-state index is 11.1. The molecule has 88 valence electrons. The zero-order valence-electron chi connectivity index (χ0n) is 8.71.